The summed E-state index contributed by atoms with van der Waals surface area (Å²) in [5, 5.41) is 3.69. The number of nitrogens with one attached hydrogen (secondary N) is 1. The summed E-state index contributed by atoms with van der Waals surface area (Å²) in [5.74, 6) is -0.0264. The summed E-state index contributed by atoms with van der Waals surface area (Å²) >= 11 is 3.20. The Balaban J connectivity index is 1.59. The number of hydrogen-bond acceptors (Lipinski definition) is 4. The number of fused-ring (bicyclic) bond motifs is 2. The Morgan fingerprint density at radius 1 is 1.08 bits per heavy atom. The number of thiazole rings is 1. The molecule has 0 radical (unpaired) electrons. The molecule has 0 saturated heterocycles. The van der Waals surface area contributed by atoms with Gasteiger partial charge in [-0.3, -0.25) is 10.1 Å². The lowest BCUT2D eigenvalue weighted by molar-refractivity contribution is 0.103. The number of amides is 1. The van der Waals surface area contributed by atoms with Gasteiger partial charge in [0.2, 0.25) is 0 Å². The molecule has 1 aliphatic rings. The van der Waals surface area contributed by atoms with Gasteiger partial charge in [0.25, 0.3) is 5.91 Å². The van der Waals surface area contributed by atoms with Crippen molar-refractivity contribution in [1.29, 1.82) is 0 Å². The van der Waals surface area contributed by atoms with Crippen LogP contribution in [0.2, 0.25) is 0 Å². The summed E-state index contributed by atoms with van der Waals surface area (Å²) in [4.78, 5) is 19.4. The third-order valence-corrected chi connectivity index (χ3v) is 6.67. The van der Waals surface area contributed by atoms with Crippen LogP contribution in [0, 0.1) is 13.8 Å². The molecule has 4 rings (SSSR count). The smallest absolute Gasteiger partial charge is 0.267 e. The van der Waals surface area contributed by atoms with Gasteiger partial charge in [-0.05, 0) is 68.4 Å². The van der Waals surface area contributed by atoms with Gasteiger partial charge in [0, 0.05) is 4.88 Å². The lowest BCUT2D eigenvalue weighted by Gasteiger charge is -1.98. The molecule has 3 aromatic rings. The molecule has 1 aromatic carbocycles. The quantitative estimate of drug-likeness (QED) is 0.616. The molecule has 124 valence electrons. The highest BCUT2D eigenvalue weighted by molar-refractivity contribution is 7.22. The molecule has 0 bridgehead atoms. The number of benzene rings is 1. The molecule has 0 spiro atoms. The first-order chi connectivity index (χ1) is 11.6. The van der Waals surface area contributed by atoms with Crippen molar-refractivity contribution in [3.63, 3.8) is 0 Å². The first-order valence-corrected chi connectivity index (χ1v) is 10.0. The van der Waals surface area contributed by atoms with Crippen LogP contribution in [0.3, 0.4) is 0 Å². The fourth-order valence-electron chi connectivity index (χ4n) is 3.36. The number of nitrogens with zero attached hydrogens (tertiary/aromatic N) is 1. The minimum Gasteiger partial charge on any atom is -0.297 e. The number of aromatic nitrogens is 1. The summed E-state index contributed by atoms with van der Waals surface area (Å²) in [6.07, 6.45) is 6.01. The van der Waals surface area contributed by atoms with Gasteiger partial charge in [0.15, 0.2) is 5.13 Å². The highest BCUT2D eigenvalue weighted by atomic mass is 32.1. The van der Waals surface area contributed by atoms with Crippen molar-refractivity contribution in [2.45, 2.75) is 46.0 Å². The monoisotopic (exact) mass is 356 g/mol. The Morgan fingerprint density at radius 2 is 1.92 bits per heavy atom. The number of aryl methyl sites for hydroxylation is 4. The van der Waals surface area contributed by atoms with E-state index in [4.69, 9.17) is 0 Å². The number of thiophene rings is 1. The zero-order chi connectivity index (χ0) is 16.7. The Bertz CT molecular complexity index is 899. The molecule has 3 nitrogen and oxygen atoms in total. The van der Waals surface area contributed by atoms with Crippen LogP contribution in [0.15, 0.2) is 18.2 Å². The van der Waals surface area contributed by atoms with Gasteiger partial charge in [0.05, 0.1) is 15.1 Å². The Morgan fingerprint density at radius 3 is 2.79 bits per heavy atom. The maximum atomic E-state index is 12.6. The van der Waals surface area contributed by atoms with Crippen LogP contribution in [0.25, 0.3) is 10.2 Å². The molecule has 1 amide bonds. The zero-order valence-corrected chi connectivity index (χ0v) is 15.6. The van der Waals surface area contributed by atoms with Crippen LogP contribution in [-0.2, 0) is 12.8 Å². The van der Waals surface area contributed by atoms with E-state index >= 15 is 0 Å². The second-order valence-electron chi connectivity index (χ2n) is 6.52. The molecular formula is C19H20N2OS2. The maximum Gasteiger partial charge on any atom is 0.267 e. The van der Waals surface area contributed by atoms with Crippen LogP contribution < -0.4 is 5.32 Å². The third kappa shape index (κ3) is 2.98. The molecule has 24 heavy (non-hydrogen) atoms. The number of carbonyl (C=O) groups excluding carboxylic acids is 1. The molecule has 1 N–H and O–H groups in total. The largest absolute Gasteiger partial charge is 0.297 e. The molecule has 0 unspecified atom stereocenters. The van der Waals surface area contributed by atoms with E-state index < -0.39 is 0 Å². The molecule has 2 heterocycles. The van der Waals surface area contributed by atoms with Gasteiger partial charge < -0.3 is 0 Å². The number of rotatable bonds is 2. The normalized spacial score (nSPS) is 14.4. The standard InChI is InChI=1S/C19H20N2OS2/c1-11-8-12(2)17-15(9-11)24-19(20-17)21-18(22)16-10-13-6-4-3-5-7-14(13)23-16/h8-10H,3-7H2,1-2H3,(H,20,21,22). The lowest BCUT2D eigenvalue weighted by Crippen LogP contribution is -2.09. The Labute approximate surface area is 149 Å². The van der Waals surface area contributed by atoms with Crippen molar-refractivity contribution in [2.75, 3.05) is 5.32 Å². The molecule has 1 aliphatic carbocycles. The molecule has 0 saturated carbocycles. The van der Waals surface area contributed by atoms with Gasteiger partial charge in [-0.15, -0.1) is 11.3 Å². The fraction of sp³-hybridized carbons (Fsp3) is 0.368. The maximum absolute atomic E-state index is 12.6. The van der Waals surface area contributed by atoms with Gasteiger partial charge in [-0.1, -0.05) is 23.8 Å². The van der Waals surface area contributed by atoms with Crippen molar-refractivity contribution in [3.8, 4) is 0 Å². The third-order valence-electron chi connectivity index (χ3n) is 4.52. The van der Waals surface area contributed by atoms with Crippen LogP contribution in [0.4, 0.5) is 5.13 Å². The predicted octanol–water partition coefficient (Wildman–Crippen LogP) is 5.50. The molecule has 5 heteroatoms. The first kappa shape index (κ1) is 15.8. The van der Waals surface area contributed by atoms with Crippen LogP contribution in [-0.4, -0.2) is 10.9 Å². The van der Waals surface area contributed by atoms with Crippen molar-refractivity contribution in [2.24, 2.45) is 0 Å². The fourth-order valence-corrected chi connectivity index (χ4v) is 5.55. The minimum atomic E-state index is -0.0264. The highest BCUT2D eigenvalue weighted by Crippen LogP contribution is 2.32. The second kappa shape index (κ2) is 6.30. The van der Waals surface area contributed by atoms with Crippen molar-refractivity contribution < 1.29 is 4.79 Å². The molecule has 0 aliphatic heterocycles. The van der Waals surface area contributed by atoms with Crippen LogP contribution in [0.1, 0.15) is 50.5 Å². The summed E-state index contributed by atoms with van der Waals surface area (Å²) in [7, 11) is 0. The van der Waals surface area contributed by atoms with Crippen LogP contribution in [0.5, 0.6) is 0 Å². The Hall–Kier alpha value is -1.72. The van der Waals surface area contributed by atoms with E-state index in [-0.39, 0.29) is 5.91 Å². The average molecular weight is 357 g/mol. The van der Waals surface area contributed by atoms with E-state index in [1.807, 2.05) is 0 Å². The SMILES string of the molecule is Cc1cc(C)c2nc(NC(=O)c3cc4c(s3)CCCCC4)sc2c1. The summed E-state index contributed by atoms with van der Waals surface area (Å²) in [6.45, 7) is 4.15. The summed E-state index contributed by atoms with van der Waals surface area (Å²) < 4.78 is 1.13. The Kier molecular flexibility index (Phi) is 4.14. The lowest BCUT2D eigenvalue weighted by atomic mass is 10.1. The topological polar surface area (TPSA) is 42.0 Å². The van der Waals surface area contributed by atoms with Crippen molar-refractivity contribution in [3.05, 3.63) is 44.6 Å². The van der Waals surface area contributed by atoms with Crippen molar-refractivity contribution in [1.82, 2.24) is 4.98 Å². The van der Waals surface area contributed by atoms with E-state index in [0.29, 0.717) is 5.13 Å². The van der Waals surface area contributed by atoms with E-state index in [1.54, 1.807) is 22.7 Å². The number of carbonyl (C=O) groups is 1. The minimum absolute atomic E-state index is 0.0264. The van der Waals surface area contributed by atoms with Crippen molar-refractivity contribution >= 4 is 43.9 Å². The van der Waals surface area contributed by atoms with Gasteiger partial charge in [-0.25, -0.2) is 4.98 Å². The molecule has 2 aromatic heterocycles. The highest BCUT2D eigenvalue weighted by Gasteiger charge is 2.18. The van der Waals surface area contributed by atoms with E-state index in [2.05, 4.69) is 42.3 Å². The number of hydrogen-bond donors (Lipinski definition) is 1. The molecule has 0 fully saturated rings. The predicted molar refractivity (Wildman–Crippen MR) is 103 cm³/mol. The average Bonchev–Trinajstić information content (AvgIpc) is 3.05. The van der Waals surface area contributed by atoms with Gasteiger partial charge in [-0.2, -0.15) is 0 Å². The summed E-state index contributed by atoms with van der Waals surface area (Å²) in [6, 6.07) is 6.34. The van der Waals surface area contributed by atoms with E-state index in [0.717, 1.165) is 33.5 Å². The number of anilines is 1. The van der Waals surface area contributed by atoms with E-state index in [1.165, 1.54) is 35.3 Å². The molecule has 0 atom stereocenters. The van der Waals surface area contributed by atoms with Gasteiger partial charge >= 0.3 is 0 Å². The van der Waals surface area contributed by atoms with Crippen LogP contribution >= 0.6 is 22.7 Å². The molecular weight excluding hydrogens is 336 g/mol. The second-order valence-corrected chi connectivity index (χ2v) is 8.69. The first-order valence-electron chi connectivity index (χ1n) is 8.41. The zero-order valence-electron chi connectivity index (χ0n) is 13.9. The van der Waals surface area contributed by atoms with E-state index in [9.17, 15) is 4.79 Å². The van der Waals surface area contributed by atoms with Gasteiger partial charge in [0.1, 0.15) is 0 Å². The summed E-state index contributed by atoms with van der Waals surface area (Å²) in [5.41, 5.74) is 4.74.